The molecule has 0 spiro atoms. The van der Waals surface area contributed by atoms with Crippen LogP contribution in [0, 0.1) is 0 Å². The fourth-order valence-electron chi connectivity index (χ4n) is 3.17. The average molecular weight is 423 g/mol. The van der Waals surface area contributed by atoms with Crippen molar-refractivity contribution in [2.24, 2.45) is 19.2 Å². The number of hydrogen-bond acceptors (Lipinski definition) is 5. The second-order valence-electron chi connectivity index (χ2n) is 6.81. The molecule has 0 amide bonds. The van der Waals surface area contributed by atoms with E-state index in [1.54, 1.807) is 30.0 Å². The molecule has 2 aromatic heterocycles. The Kier molecular flexibility index (Phi) is 5.24. The number of hydrogen-bond donors (Lipinski definition) is 1. The van der Waals surface area contributed by atoms with E-state index >= 15 is 0 Å². The van der Waals surface area contributed by atoms with Crippen LogP contribution in [0.25, 0.3) is 11.2 Å². The number of rotatable bonds is 5. The van der Waals surface area contributed by atoms with Gasteiger partial charge in [0.25, 0.3) is 5.56 Å². The molecule has 30 heavy (non-hydrogen) atoms. The number of hydrazone groups is 1. The van der Waals surface area contributed by atoms with Gasteiger partial charge >= 0.3 is 5.69 Å². The smallest absolute Gasteiger partial charge is 0.298 e. The Hall–Kier alpha value is -3.65. The van der Waals surface area contributed by atoms with Crippen molar-refractivity contribution < 1.29 is 0 Å². The molecule has 1 N–H and O–H groups in total. The SMILES string of the molecule is Cn1c(=O)c2c(nc(NN=Cc3ccc(Cl)cc3)n2Cc2ccccc2)n(C)c1=O. The molecule has 0 unspecified atom stereocenters. The van der Waals surface area contributed by atoms with Crippen LogP contribution >= 0.6 is 11.6 Å². The highest BCUT2D eigenvalue weighted by Gasteiger charge is 2.19. The van der Waals surface area contributed by atoms with Gasteiger partial charge in [-0.05, 0) is 23.3 Å². The third-order valence-corrected chi connectivity index (χ3v) is 5.03. The highest BCUT2D eigenvalue weighted by Crippen LogP contribution is 2.18. The fourth-order valence-corrected chi connectivity index (χ4v) is 3.29. The number of imidazole rings is 1. The van der Waals surface area contributed by atoms with Crippen LogP contribution in [0.5, 0.6) is 0 Å². The highest BCUT2D eigenvalue weighted by molar-refractivity contribution is 6.30. The van der Waals surface area contributed by atoms with Crippen LogP contribution in [0.3, 0.4) is 0 Å². The summed E-state index contributed by atoms with van der Waals surface area (Å²) in [4.78, 5) is 29.7. The van der Waals surface area contributed by atoms with Crippen molar-refractivity contribution in [3.05, 3.63) is 91.6 Å². The van der Waals surface area contributed by atoms with E-state index in [0.717, 1.165) is 15.7 Å². The lowest BCUT2D eigenvalue weighted by Crippen LogP contribution is -2.37. The lowest BCUT2D eigenvalue weighted by Gasteiger charge is -2.09. The molecule has 0 saturated heterocycles. The minimum Gasteiger partial charge on any atom is -0.298 e. The van der Waals surface area contributed by atoms with E-state index in [0.29, 0.717) is 28.7 Å². The Morgan fingerprint density at radius 2 is 1.73 bits per heavy atom. The van der Waals surface area contributed by atoms with Crippen molar-refractivity contribution in [2.75, 3.05) is 5.43 Å². The maximum absolute atomic E-state index is 12.9. The summed E-state index contributed by atoms with van der Waals surface area (Å²) in [5, 5.41) is 4.89. The summed E-state index contributed by atoms with van der Waals surface area (Å²) in [6.07, 6.45) is 1.62. The monoisotopic (exact) mass is 422 g/mol. The number of aryl methyl sites for hydroxylation is 1. The van der Waals surface area contributed by atoms with E-state index in [9.17, 15) is 9.59 Å². The number of benzene rings is 2. The third-order valence-electron chi connectivity index (χ3n) is 4.78. The molecular formula is C21H19ClN6O2. The second-order valence-corrected chi connectivity index (χ2v) is 7.24. The molecule has 0 aliphatic rings. The standard InChI is InChI=1S/C21H19ClN6O2/c1-26-18-17(19(29)27(2)21(26)30)28(13-15-6-4-3-5-7-15)20(24-18)25-23-12-14-8-10-16(22)11-9-14/h3-12H,13H2,1-2H3,(H,24,25). The van der Waals surface area contributed by atoms with E-state index in [4.69, 9.17) is 11.6 Å². The van der Waals surface area contributed by atoms with Gasteiger partial charge in [0, 0.05) is 19.1 Å². The summed E-state index contributed by atoms with van der Waals surface area (Å²) in [6, 6.07) is 16.9. The number of anilines is 1. The summed E-state index contributed by atoms with van der Waals surface area (Å²) in [6.45, 7) is 0.392. The minimum absolute atomic E-state index is 0.295. The maximum atomic E-state index is 12.9. The minimum atomic E-state index is -0.437. The van der Waals surface area contributed by atoms with Gasteiger partial charge in [0.15, 0.2) is 11.2 Å². The Morgan fingerprint density at radius 3 is 2.43 bits per heavy atom. The Bertz CT molecular complexity index is 1350. The molecule has 2 aromatic carbocycles. The van der Waals surface area contributed by atoms with Gasteiger partial charge in [-0.1, -0.05) is 54.1 Å². The van der Waals surface area contributed by atoms with Crippen LogP contribution in [-0.4, -0.2) is 24.9 Å². The lowest BCUT2D eigenvalue weighted by atomic mass is 10.2. The third kappa shape index (κ3) is 3.65. The van der Waals surface area contributed by atoms with Crippen molar-refractivity contribution in [1.82, 2.24) is 18.7 Å². The molecular weight excluding hydrogens is 404 g/mol. The maximum Gasteiger partial charge on any atom is 0.332 e. The van der Waals surface area contributed by atoms with Gasteiger partial charge in [-0.3, -0.25) is 18.5 Å². The van der Waals surface area contributed by atoms with Crippen LogP contribution in [0.15, 0.2) is 69.3 Å². The molecule has 2 heterocycles. The number of halogens is 1. The van der Waals surface area contributed by atoms with Crippen molar-refractivity contribution in [1.29, 1.82) is 0 Å². The molecule has 0 atom stereocenters. The Balaban J connectivity index is 1.81. The number of fused-ring (bicyclic) bond motifs is 1. The van der Waals surface area contributed by atoms with Gasteiger partial charge in [-0.15, -0.1) is 0 Å². The van der Waals surface area contributed by atoms with E-state index in [2.05, 4.69) is 15.5 Å². The van der Waals surface area contributed by atoms with Crippen LogP contribution in [-0.2, 0) is 20.6 Å². The molecule has 0 aliphatic carbocycles. The molecule has 0 fully saturated rings. The summed E-state index contributed by atoms with van der Waals surface area (Å²) in [7, 11) is 3.04. The van der Waals surface area contributed by atoms with Gasteiger partial charge in [0.2, 0.25) is 5.95 Å². The summed E-state index contributed by atoms with van der Waals surface area (Å²) in [5.74, 6) is 0.359. The van der Waals surface area contributed by atoms with E-state index < -0.39 is 11.2 Å². The van der Waals surface area contributed by atoms with Crippen LogP contribution in [0.1, 0.15) is 11.1 Å². The van der Waals surface area contributed by atoms with Gasteiger partial charge in [0.05, 0.1) is 12.8 Å². The van der Waals surface area contributed by atoms with Gasteiger partial charge < -0.3 is 0 Å². The topological polar surface area (TPSA) is 86.2 Å². The Morgan fingerprint density at radius 1 is 1.03 bits per heavy atom. The summed E-state index contributed by atoms with van der Waals surface area (Å²) in [5.41, 5.74) is 4.51. The molecule has 8 nitrogen and oxygen atoms in total. The zero-order valence-corrected chi connectivity index (χ0v) is 17.2. The average Bonchev–Trinajstić information content (AvgIpc) is 3.11. The van der Waals surface area contributed by atoms with Crippen molar-refractivity contribution in [3.8, 4) is 0 Å². The van der Waals surface area contributed by atoms with Crippen LogP contribution in [0.2, 0.25) is 5.02 Å². The first-order valence-corrected chi connectivity index (χ1v) is 9.58. The molecule has 0 aliphatic heterocycles. The Labute approximate surface area is 176 Å². The summed E-state index contributed by atoms with van der Waals surface area (Å²) >= 11 is 5.91. The van der Waals surface area contributed by atoms with E-state index in [1.165, 1.54) is 11.6 Å². The normalized spacial score (nSPS) is 11.4. The number of nitrogens with one attached hydrogen (secondary N) is 1. The largest absolute Gasteiger partial charge is 0.332 e. The van der Waals surface area contributed by atoms with Gasteiger partial charge in [-0.25, -0.2) is 10.2 Å². The number of nitrogens with zero attached hydrogens (tertiary/aromatic N) is 5. The molecule has 0 radical (unpaired) electrons. The van der Waals surface area contributed by atoms with Gasteiger partial charge in [-0.2, -0.15) is 10.1 Å². The molecule has 9 heteroatoms. The van der Waals surface area contributed by atoms with Crippen molar-refractivity contribution >= 4 is 34.9 Å². The molecule has 0 saturated carbocycles. The molecule has 4 aromatic rings. The molecule has 152 valence electrons. The zero-order chi connectivity index (χ0) is 21.3. The van der Waals surface area contributed by atoms with Crippen molar-refractivity contribution in [3.63, 3.8) is 0 Å². The highest BCUT2D eigenvalue weighted by atomic mass is 35.5. The zero-order valence-electron chi connectivity index (χ0n) is 16.4. The predicted molar refractivity (Wildman–Crippen MR) is 118 cm³/mol. The molecule has 4 rings (SSSR count). The first-order chi connectivity index (χ1) is 14.5. The quantitative estimate of drug-likeness (QED) is 0.395. The first kappa shape index (κ1) is 19.7. The number of aromatic nitrogens is 4. The van der Waals surface area contributed by atoms with E-state index in [1.807, 2.05) is 42.5 Å². The molecule has 0 bridgehead atoms. The van der Waals surface area contributed by atoms with Gasteiger partial charge in [0.1, 0.15) is 0 Å². The van der Waals surface area contributed by atoms with E-state index in [-0.39, 0.29) is 0 Å². The van der Waals surface area contributed by atoms with Crippen LogP contribution in [0.4, 0.5) is 5.95 Å². The predicted octanol–water partition coefficient (Wildman–Crippen LogP) is 2.58. The van der Waals surface area contributed by atoms with Crippen molar-refractivity contribution in [2.45, 2.75) is 6.54 Å². The fraction of sp³-hybridized carbons (Fsp3) is 0.143. The van der Waals surface area contributed by atoms with Crippen LogP contribution < -0.4 is 16.7 Å². The second kappa shape index (κ2) is 8.00. The first-order valence-electron chi connectivity index (χ1n) is 9.20. The lowest BCUT2D eigenvalue weighted by molar-refractivity contribution is 0.702. The summed E-state index contributed by atoms with van der Waals surface area (Å²) < 4.78 is 4.16.